The zero-order valence-electron chi connectivity index (χ0n) is 11.5. The number of carbonyl (C=O) groups excluding carboxylic acids is 1. The van der Waals surface area contributed by atoms with E-state index in [1.54, 1.807) is 0 Å². The monoisotopic (exact) mass is 323 g/mol. The van der Waals surface area contributed by atoms with Crippen LogP contribution >= 0.6 is 11.6 Å². The Morgan fingerprint density at radius 1 is 1.36 bits per heavy atom. The number of nitrogens with zero attached hydrogens (tertiary/aromatic N) is 1. The van der Waals surface area contributed by atoms with E-state index < -0.39 is 16.7 Å². The Morgan fingerprint density at radius 3 is 2.73 bits per heavy atom. The Bertz CT molecular complexity index is 748. The fraction of sp³-hybridized carbons (Fsp3) is 0.133. The average Bonchev–Trinajstić information content (AvgIpc) is 2.45. The van der Waals surface area contributed by atoms with Crippen LogP contribution in [0.1, 0.15) is 21.5 Å². The smallest absolute Gasteiger partial charge is 0.345 e. The van der Waals surface area contributed by atoms with Gasteiger partial charge in [0.1, 0.15) is 18.0 Å². The number of esters is 1. The zero-order chi connectivity index (χ0) is 16.3. The summed E-state index contributed by atoms with van der Waals surface area (Å²) < 4.78 is 18.0. The van der Waals surface area contributed by atoms with Crippen LogP contribution < -0.4 is 0 Å². The minimum atomic E-state index is -0.837. The van der Waals surface area contributed by atoms with Gasteiger partial charge in [0, 0.05) is 11.1 Å². The minimum absolute atomic E-state index is 0.117. The summed E-state index contributed by atoms with van der Waals surface area (Å²) >= 11 is 5.83. The van der Waals surface area contributed by atoms with E-state index in [1.165, 1.54) is 37.3 Å². The van der Waals surface area contributed by atoms with Crippen LogP contribution in [0, 0.1) is 22.9 Å². The summed E-state index contributed by atoms with van der Waals surface area (Å²) in [5.41, 5.74) is 0.340. The molecule has 7 heteroatoms. The second kappa shape index (κ2) is 6.53. The van der Waals surface area contributed by atoms with Gasteiger partial charge in [0.25, 0.3) is 5.69 Å². The van der Waals surface area contributed by atoms with Crippen LogP contribution in [0.15, 0.2) is 36.4 Å². The molecule has 22 heavy (non-hydrogen) atoms. The van der Waals surface area contributed by atoms with Gasteiger partial charge < -0.3 is 4.74 Å². The molecule has 0 fully saturated rings. The number of hydrogen-bond acceptors (Lipinski definition) is 4. The van der Waals surface area contributed by atoms with E-state index in [-0.39, 0.29) is 22.9 Å². The maximum atomic E-state index is 12.9. The molecule has 0 atom stereocenters. The Balaban J connectivity index is 2.20. The summed E-state index contributed by atoms with van der Waals surface area (Å²) in [5, 5.41) is 11.2. The van der Waals surface area contributed by atoms with Crippen molar-refractivity contribution in [1.29, 1.82) is 0 Å². The van der Waals surface area contributed by atoms with Crippen LogP contribution in [-0.2, 0) is 11.3 Å². The maximum absolute atomic E-state index is 12.9. The number of rotatable bonds is 4. The number of nitro benzene ring substituents is 1. The molecule has 0 saturated heterocycles. The Hall–Kier alpha value is -2.47. The first-order valence-electron chi connectivity index (χ1n) is 6.25. The molecular weight excluding hydrogens is 313 g/mol. The Morgan fingerprint density at radius 2 is 2.09 bits per heavy atom. The maximum Gasteiger partial charge on any atom is 0.345 e. The highest BCUT2D eigenvalue weighted by Crippen LogP contribution is 2.25. The summed E-state index contributed by atoms with van der Waals surface area (Å²) in [5.74, 6) is -1.34. The number of nitro groups is 1. The van der Waals surface area contributed by atoms with Crippen molar-refractivity contribution in [2.24, 2.45) is 0 Å². The lowest BCUT2D eigenvalue weighted by Crippen LogP contribution is -2.09. The molecule has 2 aromatic rings. The standard InChI is InChI=1S/C15H11ClFNO4/c1-9-3-2-4-12(14(9)18(20)21)15(19)22-8-10-5-6-11(17)7-13(10)16/h2-7H,8H2,1H3. The van der Waals surface area contributed by atoms with Crippen molar-refractivity contribution in [2.75, 3.05) is 0 Å². The van der Waals surface area contributed by atoms with E-state index >= 15 is 0 Å². The summed E-state index contributed by atoms with van der Waals surface area (Å²) in [4.78, 5) is 22.4. The van der Waals surface area contributed by atoms with Crippen molar-refractivity contribution >= 4 is 23.3 Å². The Labute approximate surface area is 130 Å². The number of benzene rings is 2. The fourth-order valence-electron chi connectivity index (χ4n) is 1.93. The first-order chi connectivity index (χ1) is 10.4. The molecule has 0 aliphatic rings. The van der Waals surface area contributed by atoms with Crippen molar-refractivity contribution in [3.63, 3.8) is 0 Å². The summed E-state index contributed by atoms with van der Waals surface area (Å²) in [7, 11) is 0. The number of hydrogen-bond donors (Lipinski definition) is 0. The van der Waals surface area contributed by atoms with E-state index in [4.69, 9.17) is 16.3 Å². The van der Waals surface area contributed by atoms with Crippen molar-refractivity contribution in [2.45, 2.75) is 13.5 Å². The highest BCUT2D eigenvalue weighted by molar-refractivity contribution is 6.31. The molecular formula is C15H11ClFNO4. The van der Waals surface area contributed by atoms with Gasteiger partial charge in [-0.1, -0.05) is 29.8 Å². The van der Waals surface area contributed by atoms with Crippen LogP contribution in [0.5, 0.6) is 0 Å². The van der Waals surface area contributed by atoms with Crippen LogP contribution in [0.3, 0.4) is 0 Å². The summed E-state index contributed by atoms with van der Waals surface area (Å²) in [6.07, 6.45) is 0. The van der Waals surface area contributed by atoms with Gasteiger partial charge in [-0.15, -0.1) is 0 Å². The molecule has 0 heterocycles. The zero-order valence-corrected chi connectivity index (χ0v) is 12.3. The highest BCUT2D eigenvalue weighted by atomic mass is 35.5. The van der Waals surface area contributed by atoms with Gasteiger partial charge in [-0.25, -0.2) is 9.18 Å². The number of para-hydroxylation sites is 1. The largest absolute Gasteiger partial charge is 0.457 e. The third-order valence-corrected chi connectivity index (χ3v) is 3.37. The highest BCUT2D eigenvalue weighted by Gasteiger charge is 2.23. The van der Waals surface area contributed by atoms with E-state index in [9.17, 15) is 19.3 Å². The van der Waals surface area contributed by atoms with E-state index in [2.05, 4.69) is 0 Å². The van der Waals surface area contributed by atoms with Gasteiger partial charge in [0.15, 0.2) is 0 Å². The summed E-state index contributed by atoms with van der Waals surface area (Å²) in [6.45, 7) is 1.33. The van der Waals surface area contributed by atoms with Gasteiger partial charge in [-0.3, -0.25) is 10.1 Å². The van der Waals surface area contributed by atoms with Crippen molar-refractivity contribution in [3.05, 3.63) is 74.0 Å². The molecule has 0 unspecified atom stereocenters. The number of halogens is 2. The topological polar surface area (TPSA) is 69.4 Å². The first kappa shape index (κ1) is 15.9. The van der Waals surface area contributed by atoms with Crippen LogP contribution in [-0.4, -0.2) is 10.9 Å². The molecule has 0 aliphatic carbocycles. The normalized spacial score (nSPS) is 10.3. The van der Waals surface area contributed by atoms with Crippen molar-refractivity contribution in [1.82, 2.24) is 0 Å². The summed E-state index contributed by atoms with van der Waals surface area (Å²) in [6, 6.07) is 8.05. The molecule has 2 rings (SSSR count). The number of ether oxygens (including phenoxy) is 1. The van der Waals surface area contributed by atoms with Crippen LogP contribution in [0.25, 0.3) is 0 Å². The van der Waals surface area contributed by atoms with Gasteiger partial charge in [-0.05, 0) is 25.1 Å². The molecule has 114 valence electrons. The van der Waals surface area contributed by atoms with Crippen LogP contribution in [0.2, 0.25) is 5.02 Å². The van der Waals surface area contributed by atoms with E-state index in [1.807, 2.05) is 0 Å². The van der Waals surface area contributed by atoms with E-state index in [0.29, 0.717) is 11.1 Å². The molecule has 0 radical (unpaired) electrons. The SMILES string of the molecule is Cc1cccc(C(=O)OCc2ccc(F)cc2Cl)c1[N+](=O)[O-]. The molecule has 0 aliphatic heterocycles. The third-order valence-electron chi connectivity index (χ3n) is 3.01. The van der Waals surface area contributed by atoms with E-state index in [0.717, 1.165) is 6.07 Å². The first-order valence-corrected chi connectivity index (χ1v) is 6.63. The fourth-order valence-corrected chi connectivity index (χ4v) is 2.15. The van der Waals surface area contributed by atoms with Crippen molar-refractivity contribution < 1.29 is 18.8 Å². The molecule has 0 saturated carbocycles. The lowest BCUT2D eigenvalue weighted by molar-refractivity contribution is -0.385. The average molecular weight is 324 g/mol. The van der Waals surface area contributed by atoms with Gasteiger partial charge in [0.05, 0.1) is 9.95 Å². The molecule has 0 aromatic heterocycles. The molecule has 2 aromatic carbocycles. The Kier molecular flexibility index (Phi) is 4.72. The quantitative estimate of drug-likeness (QED) is 0.483. The lowest BCUT2D eigenvalue weighted by atomic mass is 10.1. The molecule has 5 nitrogen and oxygen atoms in total. The third kappa shape index (κ3) is 3.40. The van der Waals surface area contributed by atoms with Gasteiger partial charge in [-0.2, -0.15) is 0 Å². The second-order valence-corrected chi connectivity index (χ2v) is 4.95. The molecule has 0 N–H and O–H groups in total. The predicted octanol–water partition coefficient (Wildman–Crippen LogP) is 4.05. The molecule has 0 amide bonds. The van der Waals surface area contributed by atoms with Crippen LogP contribution in [0.4, 0.5) is 10.1 Å². The van der Waals surface area contributed by atoms with Gasteiger partial charge >= 0.3 is 5.97 Å². The minimum Gasteiger partial charge on any atom is -0.457 e. The number of carbonyl (C=O) groups is 1. The van der Waals surface area contributed by atoms with Gasteiger partial charge in [0.2, 0.25) is 0 Å². The molecule has 0 spiro atoms. The molecule has 0 bridgehead atoms. The second-order valence-electron chi connectivity index (χ2n) is 4.54. The number of aryl methyl sites for hydroxylation is 1. The predicted molar refractivity (Wildman–Crippen MR) is 78.4 cm³/mol. The van der Waals surface area contributed by atoms with Crippen molar-refractivity contribution in [3.8, 4) is 0 Å². The lowest BCUT2D eigenvalue weighted by Gasteiger charge is -2.08.